The van der Waals surface area contributed by atoms with E-state index >= 15 is 0 Å². The lowest BCUT2D eigenvalue weighted by molar-refractivity contribution is 0.587. The molecule has 0 radical (unpaired) electrons. The van der Waals surface area contributed by atoms with E-state index in [9.17, 15) is 5.26 Å². The molecule has 0 aliphatic heterocycles. The zero-order chi connectivity index (χ0) is 13.8. The summed E-state index contributed by atoms with van der Waals surface area (Å²) >= 11 is 6.00. The molecule has 1 unspecified atom stereocenters. The zero-order valence-corrected chi connectivity index (χ0v) is 11.9. The number of hydrogen-bond acceptors (Lipinski definition) is 1. The van der Waals surface area contributed by atoms with Gasteiger partial charge in [-0.2, -0.15) is 5.26 Å². The molecule has 2 aromatic rings. The molecular formula is C17H16ClN. The van der Waals surface area contributed by atoms with E-state index in [2.05, 4.69) is 19.9 Å². The van der Waals surface area contributed by atoms with Crippen LogP contribution in [0.3, 0.4) is 0 Å². The van der Waals surface area contributed by atoms with Crippen LogP contribution < -0.4 is 0 Å². The Morgan fingerprint density at radius 2 is 1.68 bits per heavy atom. The third-order valence-corrected chi connectivity index (χ3v) is 3.47. The van der Waals surface area contributed by atoms with Crippen LogP contribution in [0.4, 0.5) is 0 Å². The molecule has 19 heavy (non-hydrogen) atoms. The Balaban J connectivity index is 2.31. The number of hydrogen-bond donors (Lipinski definition) is 0. The van der Waals surface area contributed by atoms with E-state index in [1.165, 1.54) is 0 Å². The van der Waals surface area contributed by atoms with Crippen LogP contribution in [0, 0.1) is 17.2 Å². The number of rotatable bonds is 3. The number of benzene rings is 2. The van der Waals surface area contributed by atoms with E-state index in [0.29, 0.717) is 5.92 Å². The lowest BCUT2D eigenvalue weighted by Gasteiger charge is -2.13. The van der Waals surface area contributed by atoms with Gasteiger partial charge in [0.2, 0.25) is 0 Å². The van der Waals surface area contributed by atoms with Crippen LogP contribution in [0.25, 0.3) is 11.1 Å². The van der Waals surface area contributed by atoms with Crippen LogP contribution >= 0.6 is 11.6 Å². The molecule has 0 fully saturated rings. The van der Waals surface area contributed by atoms with Crippen molar-refractivity contribution in [2.45, 2.75) is 19.8 Å². The second kappa shape index (κ2) is 5.91. The largest absolute Gasteiger partial charge is 0.198 e. The quantitative estimate of drug-likeness (QED) is 0.745. The standard InChI is InChI=1S/C17H16ClN/c1-12(2)17(11-19)14-8-6-13(7-9-14)15-4-3-5-16(18)10-15/h3-10,12,17H,1-2H3. The molecule has 0 aliphatic rings. The second-order valence-corrected chi connectivity index (χ2v) is 5.42. The molecule has 1 nitrogen and oxygen atoms in total. The molecule has 1 atom stereocenters. The molecule has 0 aromatic heterocycles. The summed E-state index contributed by atoms with van der Waals surface area (Å²) in [7, 11) is 0. The van der Waals surface area contributed by atoms with Crippen LogP contribution in [0.1, 0.15) is 25.3 Å². The fraction of sp³-hybridized carbons (Fsp3) is 0.235. The van der Waals surface area contributed by atoms with Crippen molar-refractivity contribution in [3.8, 4) is 17.2 Å². The van der Waals surface area contributed by atoms with Crippen molar-refractivity contribution in [1.82, 2.24) is 0 Å². The topological polar surface area (TPSA) is 23.8 Å². The van der Waals surface area contributed by atoms with E-state index in [0.717, 1.165) is 21.7 Å². The molecule has 2 heteroatoms. The van der Waals surface area contributed by atoms with E-state index in [4.69, 9.17) is 11.6 Å². The Morgan fingerprint density at radius 3 is 2.21 bits per heavy atom. The van der Waals surface area contributed by atoms with Crippen LogP contribution in [-0.2, 0) is 0 Å². The maximum Gasteiger partial charge on any atom is 0.0735 e. The van der Waals surface area contributed by atoms with Crippen molar-refractivity contribution < 1.29 is 0 Å². The lowest BCUT2D eigenvalue weighted by Crippen LogP contribution is -2.03. The van der Waals surface area contributed by atoms with Gasteiger partial charge in [0.1, 0.15) is 0 Å². The number of nitrogens with zero attached hydrogens (tertiary/aromatic N) is 1. The van der Waals surface area contributed by atoms with Gasteiger partial charge in [0.05, 0.1) is 12.0 Å². The van der Waals surface area contributed by atoms with Crippen LogP contribution in [0.2, 0.25) is 5.02 Å². The minimum absolute atomic E-state index is 0.0478. The van der Waals surface area contributed by atoms with E-state index in [-0.39, 0.29) is 5.92 Å². The van der Waals surface area contributed by atoms with Crippen molar-refractivity contribution in [3.05, 3.63) is 59.1 Å². The molecular weight excluding hydrogens is 254 g/mol. The fourth-order valence-electron chi connectivity index (χ4n) is 2.16. The number of nitriles is 1. The second-order valence-electron chi connectivity index (χ2n) is 4.98. The molecule has 2 rings (SSSR count). The van der Waals surface area contributed by atoms with Gasteiger partial charge in [-0.3, -0.25) is 0 Å². The van der Waals surface area contributed by atoms with Gasteiger partial charge in [-0.15, -0.1) is 0 Å². The summed E-state index contributed by atoms with van der Waals surface area (Å²) in [5, 5.41) is 9.94. The van der Waals surface area contributed by atoms with Crippen LogP contribution in [-0.4, -0.2) is 0 Å². The van der Waals surface area contributed by atoms with Crippen molar-refractivity contribution in [1.29, 1.82) is 5.26 Å². The molecule has 0 bridgehead atoms. The molecule has 0 saturated carbocycles. The Morgan fingerprint density at radius 1 is 1.00 bits per heavy atom. The first-order valence-corrected chi connectivity index (χ1v) is 6.75. The highest BCUT2D eigenvalue weighted by Crippen LogP contribution is 2.27. The molecule has 0 aliphatic carbocycles. The highest BCUT2D eigenvalue weighted by atomic mass is 35.5. The first-order chi connectivity index (χ1) is 9.11. The van der Waals surface area contributed by atoms with Crippen molar-refractivity contribution in [2.24, 2.45) is 5.92 Å². The summed E-state index contributed by atoms with van der Waals surface area (Å²) in [6.45, 7) is 4.14. The SMILES string of the molecule is CC(C)C(C#N)c1ccc(-c2cccc(Cl)c2)cc1. The maximum atomic E-state index is 9.21. The van der Waals surface area contributed by atoms with Gasteiger partial charge in [-0.1, -0.05) is 61.8 Å². The summed E-state index contributed by atoms with van der Waals surface area (Å²) in [6.07, 6.45) is 0. The average Bonchev–Trinajstić information content (AvgIpc) is 2.40. The summed E-state index contributed by atoms with van der Waals surface area (Å²) in [4.78, 5) is 0. The van der Waals surface area contributed by atoms with E-state index < -0.39 is 0 Å². The summed E-state index contributed by atoms with van der Waals surface area (Å²) in [6, 6.07) is 18.3. The van der Waals surface area contributed by atoms with Crippen molar-refractivity contribution in [3.63, 3.8) is 0 Å². The van der Waals surface area contributed by atoms with Gasteiger partial charge < -0.3 is 0 Å². The Kier molecular flexibility index (Phi) is 4.24. The zero-order valence-electron chi connectivity index (χ0n) is 11.1. The maximum absolute atomic E-state index is 9.21. The monoisotopic (exact) mass is 269 g/mol. The molecule has 0 N–H and O–H groups in total. The van der Waals surface area contributed by atoms with Crippen LogP contribution in [0.15, 0.2) is 48.5 Å². The summed E-state index contributed by atoms with van der Waals surface area (Å²) < 4.78 is 0. The molecule has 0 heterocycles. The predicted octanol–water partition coefficient (Wildman–Crippen LogP) is 5.27. The normalized spacial score (nSPS) is 12.2. The Bertz CT molecular complexity index is 593. The van der Waals surface area contributed by atoms with Gasteiger partial charge >= 0.3 is 0 Å². The van der Waals surface area contributed by atoms with Gasteiger partial charge in [0.25, 0.3) is 0 Å². The third kappa shape index (κ3) is 3.16. The first kappa shape index (κ1) is 13.6. The Hall–Kier alpha value is -1.78. The van der Waals surface area contributed by atoms with Gasteiger partial charge in [0, 0.05) is 5.02 Å². The first-order valence-electron chi connectivity index (χ1n) is 6.37. The lowest BCUT2D eigenvalue weighted by atomic mass is 9.89. The van der Waals surface area contributed by atoms with Gasteiger partial charge in [-0.05, 0) is 34.7 Å². The minimum atomic E-state index is -0.0478. The van der Waals surface area contributed by atoms with Gasteiger partial charge in [-0.25, -0.2) is 0 Å². The smallest absolute Gasteiger partial charge is 0.0735 e. The van der Waals surface area contributed by atoms with Crippen LogP contribution in [0.5, 0.6) is 0 Å². The van der Waals surface area contributed by atoms with Crippen molar-refractivity contribution >= 4 is 11.6 Å². The van der Waals surface area contributed by atoms with Gasteiger partial charge in [0.15, 0.2) is 0 Å². The fourth-order valence-corrected chi connectivity index (χ4v) is 2.35. The molecule has 0 saturated heterocycles. The minimum Gasteiger partial charge on any atom is -0.198 e. The van der Waals surface area contributed by atoms with Crippen molar-refractivity contribution in [2.75, 3.05) is 0 Å². The summed E-state index contributed by atoms with van der Waals surface area (Å²) in [5.74, 6) is 0.274. The molecule has 0 spiro atoms. The molecule has 96 valence electrons. The van der Waals surface area contributed by atoms with E-state index in [1.807, 2.05) is 48.5 Å². The highest BCUT2D eigenvalue weighted by molar-refractivity contribution is 6.30. The predicted molar refractivity (Wildman–Crippen MR) is 80.1 cm³/mol. The Labute approximate surface area is 119 Å². The molecule has 2 aromatic carbocycles. The third-order valence-electron chi connectivity index (χ3n) is 3.23. The molecule has 0 amide bonds. The highest BCUT2D eigenvalue weighted by Gasteiger charge is 2.14. The average molecular weight is 270 g/mol. The number of halogens is 1. The van der Waals surface area contributed by atoms with E-state index in [1.54, 1.807) is 0 Å². The summed E-state index contributed by atoms with van der Waals surface area (Å²) in [5.41, 5.74) is 3.28.